The lowest BCUT2D eigenvalue weighted by atomic mass is 10.2. The minimum atomic E-state index is -3.72. The van der Waals surface area contributed by atoms with E-state index in [0.717, 1.165) is 22.3 Å². The third-order valence-electron chi connectivity index (χ3n) is 2.80. The van der Waals surface area contributed by atoms with Gasteiger partial charge in [0, 0.05) is 4.88 Å². The molecule has 21 heavy (non-hydrogen) atoms. The van der Waals surface area contributed by atoms with Gasteiger partial charge in [-0.2, -0.15) is 0 Å². The van der Waals surface area contributed by atoms with E-state index >= 15 is 0 Å². The Hall–Kier alpha value is -0.960. The number of rotatable bonds is 5. The molecule has 0 bridgehead atoms. The van der Waals surface area contributed by atoms with E-state index in [1.54, 1.807) is 13.0 Å². The Labute approximate surface area is 135 Å². The summed E-state index contributed by atoms with van der Waals surface area (Å²) in [6, 6.07) is 5.95. The Morgan fingerprint density at radius 2 is 2.10 bits per heavy atom. The molecule has 1 heterocycles. The van der Waals surface area contributed by atoms with Gasteiger partial charge >= 0.3 is 0 Å². The minimum absolute atomic E-state index is 0.189. The van der Waals surface area contributed by atoms with Gasteiger partial charge in [-0.15, -0.1) is 11.3 Å². The highest BCUT2D eigenvalue weighted by Gasteiger charge is 2.18. The Balaban J connectivity index is 2.30. The molecule has 0 radical (unpaired) electrons. The van der Waals surface area contributed by atoms with Crippen molar-refractivity contribution < 1.29 is 12.8 Å². The zero-order valence-electron chi connectivity index (χ0n) is 11.2. The second-order valence-corrected chi connectivity index (χ2v) is 8.38. The molecule has 114 valence electrons. The summed E-state index contributed by atoms with van der Waals surface area (Å²) < 4.78 is 41.1. The smallest absolute Gasteiger partial charge is 0.271 e. The predicted octanol–water partition coefficient (Wildman–Crippen LogP) is 3.26. The quantitative estimate of drug-likeness (QED) is 0.819. The first-order chi connectivity index (χ1) is 9.83. The highest BCUT2D eigenvalue weighted by molar-refractivity contribution is 9.10. The zero-order chi connectivity index (χ0) is 15.6. The van der Waals surface area contributed by atoms with Crippen LogP contribution >= 0.6 is 27.3 Å². The normalized spacial score (nSPS) is 11.6. The van der Waals surface area contributed by atoms with E-state index in [1.807, 2.05) is 0 Å². The fourth-order valence-corrected chi connectivity index (χ4v) is 4.68. The van der Waals surface area contributed by atoms with Crippen molar-refractivity contribution in [1.29, 1.82) is 0 Å². The average molecular weight is 393 g/mol. The van der Waals surface area contributed by atoms with E-state index in [1.165, 1.54) is 12.1 Å². The van der Waals surface area contributed by atoms with Crippen LogP contribution in [-0.4, -0.2) is 15.0 Å². The second kappa shape index (κ2) is 6.43. The summed E-state index contributed by atoms with van der Waals surface area (Å²) in [7, 11) is -3.72. The maximum Gasteiger partial charge on any atom is 0.271 e. The van der Waals surface area contributed by atoms with E-state index in [4.69, 9.17) is 5.73 Å². The van der Waals surface area contributed by atoms with Crippen LogP contribution in [0.3, 0.4) is 0 Å². The molecule has 4 nitrogen and oxygen atoms in total. The van der Waals surface area contributed by atoms with Crippen molar-refractivity contribution in [2.45, 2.75) is 17.6 Å². The van der Waals surface area contributed by atoms with Crippen LogP contribution in [0.4, 0.5) is 10.1 Å². The molecular formula is C13H14BrFN2O2S2. The first-order valence-corrected chi connectivity index (χ1v) is 9.20. The summed E-state index contributed by atoms with van der Waals surface area (Å²) in [5.41, 5.74) is 6.31. The third-order valence-corrected chi connectivity index (χ3v) is 6.41. The lowest BCUT2D eigenvalue weighted by Gasteiger charge is -2.10. The monoisotopic (exact) mass is 392 g/mol. The van der Waals surface area contributed by atoms with Crippen LogP contribution in [0.2, 0.25) is 0 Å². The summed E-state index contributed by atoms with van der Waals surface area (Å²) in [6.07, 6.45) is 0.631. The van der Waals surface area contributed by atoms with Crippen LogP contribution < -0.4 is 10.5 Å². The molecule has 0 saturated carbocycles. The van der Waals surface area contributed by atoms with E-state index in [0.29, 0.717) is 23.0 Å². The molecule has 0 amide bonds. The number of halogens is 2. The van der Waals surface area contributed by atoms with Gasteiger partial charge in [0.1, 0.15) is 10.0 Å². The van der Waals surface area contributed by atoms with E-state index in [2.05, 4.69) is 20.7 Å². The number of thiophene rings is 1. The molecule has 0 spiro atoms. The largest absolute Gasteiger partial charge is 0.330 e. The minimum Gasteiger partial charge on any atom is -0.330 e. The summed E-state index contributed by atoms with van der Waals surface area (Å²) in [5.74, 6) is -0.520. The predicted molar refractivity (Wildman–Crippen MR) is 86.7 cm³/mol. The average Bonchev–Trinajstić information content (AvgIpc) is 2.86. The molecule has 2 aromatic rings. The maximum atomic E-state index is 13.5. The lowest BCUT2D eigenvalue weighted by molar-refractivity contribution is 0.603. The Kier molecular flexibility index (Phi) is 5.03. The van der Waals surface area contributed by atoms with Gasteiger partial charge < -0.3 is 5.73 Å². The molecule has 0 atom stereocenters. The molecule has 0 aliphatic rings. The number of hydrogen-bond donors (Lipinski definition) is 2. The molecule has 3 N–H and O–H groups in total. The molecule has 0 aliphatic carbocycles. The van der Waals surface area contributed by atoms with Crippen molar-refractivity contribution in [1.82, 2.24) is 0 Å². The summed E-state index contributed by atoms with van der Waals surface area (Å²) in [5, 5.41) is 0. The van der Waals surface area contributed by atoms with Crippen molar-refractivity contribution in [3.63, 3.8) is 0 Å². The first-order valence-electron chi connectivity index (χ1n) is 6.10. The number of anilines is 1. The van der Waals surface area contributed by atoms with E-state index < -0.39 is 15.8 Å². The number of nitrogens with one attached hydrogen (secondary N) is 1. The zero-order valence-corrected chi connectivity index (χ0v) is 14.4. The van der Waals surface area contributed by atoms with Gasteiger partial charge in [0.15, 0.2) is 0 Å². The van der Waals surface area contributed by atoms with Gasteiger partial charge in [-0.05, 0) is 65.6 Å². The highest BCUT2D eigenvalue weighted by Crippen LogP contribution is 2.28. The highest BCUT2D eigenvalue weighted by atomic mass is 79.9. The van der Waals surface area contributed by atoms with Crippen molar-refractivity contribution in [3.8, 4) is 0 Å². The Morgan fingerprint density at radius 3 is 2.76 bits per heavy atom. The van der Waals surface area contributed by atoms with E-state index in [9.17, 15) is 12.8 Å². The molecule has 2 rings (SSSR count). The molecule has 0 fully saturated rings. The Morgan fingerprint density at radius 1 is 1.38 bits per heavy atom. The van der Waals surface area contributed by atoms with Crippen LogP contribution in [0, 0.1) is 12.7 Å². The number of nitrogens with two attached hydrogens (primary N) is 1. The van der Waals surface area contributed by atoms with Crippen LogP contribution in [0.1, 0.15) is 10.4 Å². The van der Waals surface area contributed by atoms with Gasteiger partial charge in [-0.1, -0.05) is 0 Å². The molecule has 1 aromatic carbocycles. The molecule has 1 aromatic heterocycles. The van der Waals surface area contributed by atoms with Crippen LogP contribution in [0.5, 0.6) is 0 Å². The number of hydrogen-bond acceptors (Lipinski definition) is 4. The molecule has 0 unspecified atom stereocenters. The standard InChI is InChI=1S/C13H14BrFN2O2S2/c1-8-6-10(14)11(15)7-12(8)17-21(18,19)13-3-2-9(20-13)4-5-16/h2-3,6-7,17H,4-5,16H2,1H3. The van der Waals surface area contributed by atoms with Crippen molar-refractivity contribution >= 4 is 43.0 Å². The SMILES string of the molecule is Cc1cc(Br)c(F)cc1NS(=O)(=O)c1ccc(CCN)s1. The number of aryl methyl sites for hydroxylation is 1. The summed E-state index contributed by atoms with van der Waals surface area (Å²) in [6.45, 7) is 2.17. The molecule has 0 aliphatic heterocycles. The Bertz CT molecular complexity index is 760. The van der Waals surface area contributed by atoms with Crippen molar-refractivity contribution in [2.75, 3.05) is 11.3 Å². The van der Waals surface area contributed by atoms with Gasteiger partial charge in [0.2, 0.25) is 0 Å². The van der Waals surface area contributed by atoms with Crippen LogP contribution in [0.15, 0.2) is 32.9 Å². The number of benzene rings is 1. The van der Waals surface area contributed by atoms with Gasteiger partial charge in [0.05, 0.1) is 10.2 Å². The third kappa shape index (κ3) is 3.82. The fourth-order valence-electron chi connectivity index (χ4n) is 1.73. The first kappa shape index (κ1) is 16.4. The maximum absolute atomic E-state index is 13.5. The van der Waals surface area contributed by atoms with Gasteiger partial charge in [-0.3, -0.25) is 4.72 Å². The number of sulfonamides is 1. The summed E-state index contributed by atoms with van der Waals surface area (Å²) >= 11 is 4.23. The van der Waals surface area contributed by atoms with Gasteiger partial charge in [-0.25, -0.2) is 12.8 Å². The van der Waals surface area contributed by atoms with Crippen LogP contribution in [-0.2, 0) is 16.4 Å². The fraction of sp³-hybridized carbons (Fsp3) is 0.231. The molecule has 0 saturated heterocycles. The van der Waals surface area contributed by atoms with Crippen LogP contribution in [0.25, 0.3) is 0 Å². The molecular weight excluding hydrogens is 379 g/mol. The summed E-state index contributed by atoms with van der Waals surface area (Å²) in [4.78, 5) is 0.900. The van der Waals surface area contributed by atoms with Gasteiger partial charge in [0.25, 0.3) is 10.0 Å². The van der Waals surface area contributed by atoms with Crippen molar-refractivity contribution in [3.05, 3.63) is 45.0 Å². The topological polar surface area (TPSA) is 72.2 Å². The molecule has 8 heteroatoms. The lowest BCUT2D eigenvalue weighted by Crippen LogP contribution is -2.12. The van der Waals surface area contributed by atoms with Crippen molar-refractivity contribution in [2.24, 2.45) is 5.73 Å². The second-order valence-electron chi connectivity index (χ2n) is 4.45. The van der Waals surface area contributed by atoms with E-state index in [-0.39, 0.29) is 9.90 Å².